The molecule has 18 heavy (non-hydrogen) atoms. The molecule has 0 spiro atoms. The Morgan fingerprint density at radius 3 is 2.33 bits per heavy atom. The molecule has 0 aliphatic rings. The summed E-state index contributed by atoms with van der Waals surface area (Å²) >= 11 is 0. The highest BCUT2D eigenvalue weighted by atomic mass is 16.5. The minimum Gasteiger partial charge on any atom is -0.468 e. The van der Waals surface area contributed by atoms with Gasteiger partial charge in [-0.05, 0) is 24.3 Å². The number of carbonyl (C=O) groups excluding carboxylic acids is 1. The summed E-state index contributed by atoms with van der Waals surface area (Å²) in [5, 5.41) is 3.24. The van der Waals surface area contributed by atoms with Gasteiger partial charge >= 0.3 is 5.97 Å². The Labute approximate surface area is 110 Å². The van der Waals surface area contributed by atoms with E-state index in [2.05, 4.69) is 43.4 Å². The Morgan fingerprint density at radius 2 is 1.83 bits per heavy atom. The van der Waals surface area contributed by atoms with Crippen molar-refractivity contribution in [3.05, 3.63) is 35.9 Å². The van der Waals surface area contributed by atoms with E-state index in [0.29, 0.717) is 11.8 Å². The molecule has 0 aromatic heterocycles. The summed E-state index contributed by atoms with van der Waals surface area (Å²) < 4.78 is 4.71. The summed E-state index contributed by atoms with van der Waals surface area (Å²) in [6.45, 7) is 7.00. The van der Waals surface area contributed by atoms with Crippen molar-refractivity contribution in [2.24, 2.45) is 5.92 Å². The molecule has 1 aromatic carbocycles. The molecule has 0 saturated heterocycles. The number of rotatable bonds is 6. The van der Waals surface area contributed by atoms with E-state index >= 15 is 0 Å². The lowest BCUT2D eigenvalue weighted by Crippen LogP contribution is -2.38. The van der Waals surface area contributed by atoms with E-state index in [-0.39, 0.29) is 12.0 Å². The van der Waals surface area contributed by atoms with Gasteiger partial charge in [-0.15, -0.1) is 0 Å². The Morgan fingerprint density at radius 1 is 1.22 bits per heavy atom. The lowest BCUT2D eigenvalue weighted by molar-refractivity contribution is -0.142. The fourth-order valence-corrected chi connectivity index (χ4v) is 2.00. The lowest BCUT2D eigenvalue weighted by Gasteiger charge is -2.23. The van der Waals surface area contributed by atoms with Gasteiger partial charge in [-0.3, -0.25) is 4.79 Å². The van der Waals surface area contributed by atoms with Gasteiger partial charge in [0, 0.05) is 6.54 Å². The molecule has 1 unspecified atom stereocenters. The molecule has 1 rings (SSSR count). The van der Waals surface area contributed by atoms with Gasteiger partial charge in [-0.25, -0.2) is 0 Å². The predicted octanol–water partition coefficient (Wildman–Crippen LogP) is 2.58. The largest absolute Gasteiger partial charge is 0.468 e. The van der Waals surface area contributed by atoms with Gasteiger partial charge in [-0.1, -0.05) is 44.2 Å². The number of carbonyl (C=O) groups is 1. The van der Waals surface area contributed by atoms with Crippen molar-refractivity contribution in [2.45, 2.75) is 32.7 Å². The Kier molecular flexibility index (Phi) is 5.86. The first-order chi connectivity index (χ1) is 8.56. The first-order valence-corrected chi connectivity index (χ1v) is 6.42. The highest BCUT2D eigenvalue weighted by Crippen LogP contribution is 2.23. The van der Waals surface area contributed by atoms with Crippen LogP contribution >= 0.6 is 0 Å². The molecule has 0 saturated carbocycles. The molecule has 0 radical (unpaired) electrons. The molecular weight excluding hydrogens is 226 g/mol. The predicted molar refractivity (Wildman–Crippen MR) is 73.5 cm³/mol. The standard InChI is InChI=1S/C15H23NO2/c1-11(2)14(13-8-6-5-7-9-13)10-16-12(3)15(17)18-4/h5-9,11-12,14,16H,10H2,1-4H3/t12-,14?/m0/s1. The summed E-state index contributed by atoms with van der Waals surface area (Å²) in [5.74, 6) is 0.702. The fourth-order valence-electron chi connectivity index (χ4n) is 2.00. The van der Waals surface area contributed by atoms with E-state index in [0.717, 1.165) is 6.54 Å². The number of hydrogen-bond donors (Lipinski definition) is 1. The fraction of sp³-hybridized carbons (Fsp3) is 0.533. The molecule has 1 N–H and O–H groups in total. The Balaban J connectivity index is 2.63. The lowest BCUT2D eigenvalue weighted by atomic mass is 9.88. The van der Waals surface area contributed by atoms with Crippen LogP contribution in [-0.4, -0.2) is 25.7 Å². The van der Waals surface area contributed by atoms with Crippen LogP contribution in [0.1, 0.15) is 32.3 Å². The van der Waals surface area contributed by atoms with Gasteiger partial charge in [0.15, 0.2) is 0 Å². The maximum Gasteiger partial charge on any atom is 0.322 e. The summed E-state index contributed by atoms with van der Waals surface area (Å²) in [6, 6.07) is 10.1. The van der Waals surface area contributed by atoms with Crippen LogP contribution in [0.15, 0.2) is 30.3 Å². The molecular formula is C15H23NO2. The molecule has 0 heterocycles. The molecule has 100 valence electrons. The van der Waals surface area contributed by atoms with E-state index < -0.39 is 0 Å². The zero-order valence-electron chi connectivity index (χ0n) is 11.6. The molecule has 0 aliphatic heterocycles. The molecule has 2 atom stereocenters. The van der Waals surface area contributed by atoms with E-state index in [1.165, 1.54) is 12.7 Å². The number of hydrogen-bond acceptors (Lipinski definition) is 3. The smallest absolute Gasteiger partial charge is 0.322 e. The number of nitrogens with one attached hydrogen (secondary N) is 1. The molecule has 0 amide bonds. The monoisotopic (exact) mass is 249 g/mol. The van der Waals surface area contributed by atoms with E-state index in [9.17, 15) is 4.79 Å². The zero-order chi connectivity index (χ0) is 13.5. The van der Waals surface area contributed by atoms with Crippen molar-refractivity contribution in [1.82, 2.24) is 5.32 Å². The van der Waals surface area contributed by atoms with Crippen molar-refractivity contribution in [3.8, 4) is 0 Å². The summed E-state index contributed by atoms with van der Waals surface area (Å²) in [6.07, 6.45) is 0. The maximum atomic E-state index is 11.3. The average molecular weight is 249 g/mol. The van der Waals surface area contributed by atoms with Crippen LogP contribution in [0.3, 0.4) is 0 Å². The van der Waals surface area contributed by atoms with Crippen molar-refractivity contribution < 1.29 is 9.53 Å². The topological polar surface area (TPSA) is 38.3 Å². The summed E-state index contributed by atoms with van der Waals surface area (Å²) in [5.41, 5.74) is 1.30. The second-order valence-electron chi connectivity index (χ2n) is 4.91. The second-order valence-corrected chi connectivity index (χ2v) is 4.91. The summed E-state index contributed by atoms with van der Waals surface area (Å²) in [7, 11) is 1.41. The van der Waals surface area contributed by atoms with Crippen molar-refractivity contribution in [1.29, 1.82) is 0 Å². The quantitative estimate of drug-likeness (QED) is 0.787. The van der Waals surface area contributed by atoms with Gasteiger partial charge in [-0.2, -0.15) is 0 Å². The number of methoxy groups -OCH3 is 1. The van der Waals surface area contributed by atoms with Gasteiger partial charge < -0.3 is 10.1 Å². The third-order valence-corrected chi connectivity index (χ3v) is 3.23. The van der Waals surface area contributed by atoms with Crippen molar-refractivity contribution >= 4 is 5.97 Å². The van der Waals surface area contributed by atoms with Crippen molar-refractivity contribution in [3.63, 3.8) is 0 Å². The van der Waals surface area contributed by atoms with Gasteiger partial charge in [0.25, 0.3) is 0 Å². The Bertz CT molecular complexity index is 362. The van der Waals surface area contributed by atoms with Crippen LogP contribution in [0.2, 0.25) is 0 Å². The van der Waals surface area contributed by atoms with Gasteiger partial charge in [0.05, 0.1) is 7.11 Å². The van der Waals surface area contributed by atoms with E-state index in [1.807, 2.05) is 13.0 Å². The first kappa shape index (κ1) is 14.7. The molecule has 1 aromatic rings. The molecule has 3 heteroatoms. The SMILES string of the molecule is COC(=O)[C@H](C)NCC(c1ccccc1)C(C)C. The third-order valence-electron chi connectivity index (χ3n) is 3.23. The zero-order valence-corrected chi connectivity index (χ0v) is 11.6. The number of ether oxygens (including phenoxy) is 1. The Hall–Kier alpha value is -1.35. The second kappa shape index (κ2) is 7.17. The van der Waals surface area contributed by atoms with Crippen LogP contribution < -0.4 is 5.32 Å². The van der Waals surface area contributed by atoms with Crippen LogP contribution in [0.5, 0.6) is 0 Å². The highest BCUT2D eigenvalue weighted by molar-refractivity contribution is 5.75. The third kappa shape index (κ3) is 4.15. The van der Waals surface area contributed by atoms with E-state index in [1.54, 1.807) is 0 Å². The van der Waals surface area contributed by atoms with Crippen LogP contribution in [0.4, 0.5) is 0 Å². The molecule has 3 nitrogen and oxygen atoms in total. The van der Waals surface area contributed by atoms with E-state index in [4.69, 9.17) is 4.74 Å². The minimum absolute atomic E-state index is 0.217. The van der Waals surface area contributed by atoms with Gasteiger partial charge in [0.1, 0.15) is 6.04 Å². The highest BCUT2D eigenvalue weighted by Gasteiger charge is 2.19. The van der Waals surface area contributed by atoms with Gasteiger partial charge in [0.2, 0.25) is 0 Å². The molecule has 0 aliphatic carbocycles. The average Bonchev–Trinajstić information content (AvgIpc) is 2.38. The van der Waals surface area contributed by atoms with Crippen molar-refractivity contribution in [2.75, 3.05) is 13.7 Å². The van der Waals surface area contributed by atoms with Crippen LogP contribution in [0.25, 0.3) is 0 Å². The maximum absolute atomic E-state index is 11.3. The van der Waals surface area contributed by atoms with Crippen LogP contribution in [0, 0.1) is 5.92 Å². The summed E-state index contributed by atoms with van der Waals surface area (Å²) in [4.78, 5) is 11.3. The minimum atomic E-state index is -0.264. The number of esters is 1. The first-order valence-electron chi connectivity index (χ1n) is 6.42. The number of benzene rings is 1. The molecule has 0 fully saturated rings. The van der Waals surface area contributed by atoms with Crippen LogP contribution in [-0.2, 0) is 9.53 Å². The molecule has 0 bridgehead atoms. The normalized spacial score (nSPS) is 14.3.